The summed E-state index contributed by atoms with van der Waals surface area (Å²) in [5.41, 5.74) is 0.960. The Labute approximate surface area is 123 Å². The maximum atomic E-state index is 11.1. The Morgan fingerprint density at radius 2 is 2.19 bits per heavy atom. The monoisotopic (exact) mass is 292 g/mol. The van der Waals surface area contributed by atoms with Crippen LogP contribution in [0.15, 0.2) is 24.3 Å². The van der Waals surface area contributed by atoms with Crippen molar-refractivity contribution in [1.29, 1.82) is 0 Å². The fourth-order valence-electron chi connectivity index (χ4n) is 2.54. The third-order valence-corrected chi connectivity index (χ3v) is 3.40. The molecule has 0 aliphatic carbocycles. The van der Waals surface area contributed by atoms with Crippen molar-refractivity contribution in [3.63, 3.8) is 0 Å². The first-order valence-corrected chi connectivity index (χ1v) is 6.96. The molecule has 2 rings (SSSR count). The fraction of sp³-hybridized carbons (Fsp3) is 0.467. The molecule has 1 aliphatic rings. The summed E-state index contributed by atoms with van der Waals surface area (Å²) < 4.78 is 5.30. The van der Waals surface area contributed by atoms with Crippen LogP contribution in [-0.4, -0.2) is 47.6 Å². The van der Waals surface area contributed by atoms with E-state index < -0.39 is 5.97 Å². The van der Waals surface area contributed by atoms with Crippen molar-refractivity contribution in [1.82, 2.24) is 10.2 Å². The zero-order chi connectivity index (χ0) is 15.2. The van der Waals surface area contributed by atoms with Gasteiger partial charge in [0, 0.05) is 38.2 Å². The molecule has 0 aromatic heterocycles. The van der Waals surface area contributed by atoms with Crippen molar-refractivity contribution in [2.24, 2.45) is 0 Å². The maximum Gasteiger partial charge on any atom is 0.341 e. The lowest BCUT2D eigenvalue weighted by Crippen LogP contribution is -2.35. The average Bonchev–Trinajstić information content (AvgIpc) is 2.84. The second-order valence-electron chi connectivity index (χ2n) is 5.21. The van der Waals surface area contributed by atoms with E-state index in [-0.39, 0.29) is 18.6 Å². The van der Waals surface area contributed by atoms with Gasteiger partial charge >= 0.3 is 5.97 Å². The Bertz CT molecular complexity index is 518. The van der Waals surface area contributed by atoms with Gasteiger partial charge in [0.15, 0.2) is 6.61 Å². The van der Waals surface area contributed by atoms with Crippen LogP contribution in [0.3, 0.4) is 0 Å². The normalized spacial score (nSPS) is 18.4. The summed E-state index contributed by atoms with van der Waals surface area (Å²) in [6.07, 6.45) is 0.928. The molecule has 1 atom stereocenters. The number of hydrogen-bond donors (Lipinski definition) is 2. The van der Waals surface area contributed by atoms with E-state index in [1.54, 1.807) is 6.07 Å². The molecular formula is C15H20N2O4. The quantitative estimate of drug-likeness (QED) is 0.813. The number of benzene rings is 1. The second-order valence-corrected chi connectivity index (χ2v) is 5.21. The number of nitrogens with one attached hydrogen (secondary N) is 1. The lowest BCUT2D eigenvalue weighted by atomic mass is 10.2. The molecule has 1 aliphatic heterocycles. The lowest BCUT2D eigenvalue weighted by molar-refractivity contribution is -0.139. The summed E-state index contributed by atoms with van der Waals surface area (Å²) in [5.74, 6) is -0.397. The van der Waals surface area contributed by atoms with Gasteiger partial charge in [-0.25, -0.2) is 4.79 Å². The molecule has 1 heterocycles. The molecule has 2 N–H and O–H groups in total. The Balaban J connectivity index is 1.94. The van der Waals surface area contributed by atoms with Gasteiger partial charge < -0.3 is 15.2 Å². The first-order valence-electron chi connectivity index (χ1n) is 6.96. The Hall–Kier alpha value is -2.08. The number of nitrogens with zero attached hydrogens (tertiary/aromatic N) is 1. The van der Waals surface area contributed by atoms with Crippen molar-refractivity contribution < 1.29 is 19.4 Å². The summed E-state index contributed by atoms with van der Waals surface area (Å²) in [5, 5.41) is 11.6. The number of carbonyl (C=O) groups is 2. The number of rotatable bonds is 6. The van der Waals surface area contributed by atoms with Gasteiger partial charge in [0.2, 0.25) is 5.91 Å². The standard InChI is InChI=1S/C15H20N2O4/c1-11(18)16-13-6-7-17(9-13)8-12-4-2-3-5-14(12)21-10-15(19)20/h2-5,13H,6-10H2,1H3,(H,16,18)(H,19,20)/t13-/m1/s1. The summed E-state index contributed by atoms with van der Waals surface area (Å²) in [4.78, 5) is 23.9. The Morgan fingerprint density at radius 3 is 2.90 bits per heavy atom. The molecule has 114 valence electrons. The molecule has 0 unspecified atom stereocenters. The number of aliphatic carboxylic acids is 1. The molecule has 6 heteroatoms. The number of carboxylic acid groups (broad SMARTS) is 1. The molecule has 1 aromatic carbocycles. The highest BCUT2D eigenvalue weighted by atomic mass is 16.5. The zero-order valence-electron chi connectivity index (χ0n) is 12.0. The predicted octanol–water partition coefficient (Wildman–Crippen LogP) is 0.860. The van der Waals surface area contributed by atoms with E-state index in [0.717, 1.165) is 25.1 Å². The lowest BCUT2D eigenvalue weighted by Gasteiger charge is -2.18. The topological polar surface area (TPSA) is 78.9 Å². The molecule has 0 radical (unpaired) electrons. The van der Waals surface area contributed by atoms with Crippen LogP contribution in [-0.2, 0) is 16.1 Å². The summed E-state index contributed by atoms with van der Waals surface area (Å²) >= 11 is 0. The second kappa shape index (κ2) is 7.08. The van der Waals surface area contributed by atoms with E-state index in [0.29, 0.717) is 12.3 Å². The summed E-state index contributed by atoms with van der Waals surface area (Å²) in [6.45, 7) is 3.57. The number of likely N-dealkylation sites (tertiary alicyclic amines) is 1. The molecule has 1 aromatic rings. The minimum Gasteiger partial charge on any atom is -0.482 e. The van der Waals surface area contributed by atoms with Crippen molar-refractivity contribution >= 4 is 11.9 Å². The van der Waals surface area contributed by atoms with E-state index in [1.807, 2.05) is 18.2 Å². The van der Waals surface area contributed by atoms with Crippen LogP contribution in [0, 0.1) is 0 Å². The van der Waals surface area contributed by atoms with Crippen LogP contribution < -0.4 is 10.1 Å². The van der Waals surface area contributed by atoms with E-state index >= 15 is 0 Å². The van der Waals surface area contributed by atoms with E-state index in [2.05, 4.69) is 10.2 Å². The van der Waals surface area contributed by atoms with Crippen molar-refractivity contribution in [3.05, 3.63) is 29.8 Å². The zero-order valence-corrected chi connectivity index (χ0v) is 12.0. The molecular weight excluding hydrogens is 272 g/mol. The first kappa shape index (κ1) is 15.3. The third-order valence-electron chi connectivity index (χ3n) is 3.40. The summed E-state index contributed by atoms with van der Waals surface area (Å²) in [6, 6.07) is 7.63. The predicted molar refractivity (Wildman–Crippen MR) is 77.1 cm³/mol. The van der Waals surface area contributed by atoms with Gasteiger partial charge in [-0.2, -0.15) is 0 Å². The van der Waals surface area contributed by atoms with Gasteiger partial charge in [-0.3, -0.25) is 9.69 Å². The number of ether oxygens (including phenoxy) is 1. The van der Waals surface area contributed by atoms with Gasteiger partial charge in [-0.15, -0.1) is 0 Å². The highest BCUT2D eigenvalue weighted by molar-refractivity contribution is 5.73. The van der Waals surface area contributed by atoms with E-state index in [9.17, 15) is 9.59 Å². The third kappa shape index (κ3) is 4.75. The number of carbonyl (C=O) groups excluding carboxylic acids is 1. The van der Waals surface area contributed by atoms with Gasteiger partial charge in [0.05, 0.1) is 0 Å². The van der Waals surface area contributed by atoms with Crippen LogP contribution >= 0.6 is 0 Å². The van der Waals surface area contributed by atoms with Crippen LogP contribution in [0.4, 0.5) is 0 Å². The molecule has 1 fully saturated rings. The minimum atomic E-state index is -0.989. The van der Waals surface area contributed by atoms with Gasteiger partial charge in [-0.1, -0.05) is 18.2 Å². The molecule has 21 heavy (non-hydrogen) atoms. The number of para-hydroxylation sites is 1. The van der Waals surface area contributed by atoms with E-state index in [1.165, 1.54) is 6.92 Å². The highest BCUT2D eigenvalue weighted by Crippen LogP contribution is 2.22. The van der Waals surface area contributed by atoms with E-state index in [4.69, 9.17) is 9.84 Å². The van der Waals surface area contributed by atoms with Crippen molar-refractivity contribution in [2.45, 2.75) is 25.9 Å². The van der Waals surface area contributed by atoms with Gasteiger partial charge in [0.25, 0.3) is 0 Å². The van der Waals surface area contributed by atoms with Crippen LogP contribution in [0.25, 0.3) is 0 Å². The Kier molecular flexibility index (Phi) is 5.16. The SMILES string of the molecule is CC(=O)N[C@@H]1CCN(Cc2ccccc2OCC(=O)O)C1. The molecule has 0 saturated carbocycles. The van der Waals surface area contributed by atoms with Crippen LogP contribution in [0.2, 0.25) is 0 Å². The number of hydrogen-bond acceptors (Lipinski definition) is 4. The van der Waals surface area contributed by atoms with Gasteiger partial charge in [0.1, 0.15) is 5.75 Å². The van der Waals surface area contributed by atoms with Crippen molar-refractivity contribution in [2.75, 3.05) is 19.7 Å². The minimum absolute atomic E-state index is 0.00737. The molecule has 1 amide bonds. The fourth-order valence-corrected chi connectivity index (χ4v) is 2.54. The van der Waals surface area contributed by atoms with Crippen molar-refractivity contribution in [3.8, 4) is 5.75 Å². The van der Waals surface area contributed by atoms with Crippen LogP contribution in [0.1, 0.15) is 18.9 Å². The Morgan fingerprint density at radius 1 is 1.43 bits per heavy atom. The summed E-state index contributed by atoms with van der Waals surface area (Å²) in [7, 11) is 0. The van der Waals surface area contributed by atoms with Crippen LogP contribution in [0.5, 0.6) is 5.75 Å². The smallest absolute Gasteiger partial charge is 0.341 e. The van der Waals surface area contributed by atoms with Gasteiger partial charge in [-0.05, 0) is 12.5 Å². The number of carboxylic acids is 1. The molecule has 1 saturated heterocycles. The number of amides is 1. The largest absolute Gasteiger partial charge is 0.482 e. The highest BCUT2D eigenvalue weighted by Gasteiger charge is 2.23. The molecule has 0 bridgehead atoms. The molecule has 6 nitrogen and oxygen atoms in total. The maximum absolute atomic E-state index is 11.1. The molecule has 0 spiro atoms. The first-order chi connectivity index (χ1) is 10.0. The average molecular weight is 292 g/mol.